The molecule has 0 fully saturated rings. The molecule has 0 saturated carbocycles. The minimum absolute atomic E-state index is 0.0997. The summed E-state index contributed by atoms with van der Waals surface area (Å²) in [6.45, 7) is 7.80. The zero-order valence-corrected chi connectivity index (χ0v) is 16.7. The van der Waals surface area contributed by atoms with Crippen molar-refractivity contribution in [3.8, 4) is 11.4 Å². The van der Waals surface area contributed by atoms with Gasteiger partial charge in [0.25, 0.3) is 0 Å². The van der Waals surface area contributed by atoms with Crippen molar-refractivity contribution in [3.63, 3.8) is 0 Å². The third-order valence-corrected chi connectivity index (χ3v) is 5.41. The molecular weight excluding hydrogens is 358 g/mol. The summed E-state index contributed by atoms with van der Waals surface area (Å²) in [6, 6.07) is 13.8. The Kier molecular flexibility index (Phi) is 5.51. The highest BCUT2D eigenvalue weighted by Gasteiger charge is 2.21. The average Bonchev–Trinajstić information content (AvgIpc) is 2.99. The van der Waals surface area contributed by atoms with Gasteiger partial charge in [0.1, 0.15) is 0 Å². The van der Waals surface area contributed by atoms with E-state index < -0.39 is 0 Å². The van der Waals surface area contributed by atoms with E-state index in [4.69, 9.17) is 5.84 Å². The molecule has 2 aromatic carbocycles. The highest BCUT2D eigenvalue weighted by molar-refractivity contribution is 8.00. The first kappa shape index (κ1) is 19.0. The van der Waals surface area contributed by atoms with Crippen LogP contribution in [0.2, 0.25) is 0 Å². The van der Waals surface area contributed by atoms with E-state index in [2.05, 4.69) is 15.5 Å². The van der Waals surface area contributed by atoms with Crippen LogP contribution in [-0.4, -0.2) is 26.0 Å². The van der Waals surface area contributed by atoms with Gasteiger partial charge in [-0.2, -0.15) is 0 Å². The summed E-state index contributed by atoms with van der Waals surface area (Å²) in [6.07, 6.45) is 0. The molecule has 0 saturated heterocycles. The molecule has 0 radical (unpaired) electrons. The number of amides is 1. The quantitative estimate of drug-likeness (QED) is 0.520. The van der Waals surface area contributed by atoms with Crippen LogP contribution in [-0.2, 0) is 4.79 Å². The zero-order chi connectivity index (χ0) is 19.6. The van der Waals surface area contributed by atoms with Crippen LogP contribution in [0.5, 0.6) is 0 Å². The van der Waals surface area contributed by atoms with Crippen LogP contribution in [0.4, 0.5) is 5.69 Å². The number of nitrogen functional groups attached to an aromatic ring is 1. The average molecular weight is 382 g/mol. The molecular formula is C20H23N5OS. The normalized spacial score (nSPS) is 12.0. The van der Waals surface area contributed by atoms with Gasteiger partial charge in [-0.15, -0.1) is 10.2 Å². The maximum Gasteiger partial charge on any atom is 0.237 e. The first-order valence-electron chi connectivity index (χ1n) is 8.68. The Bertz CT molecular complexity index is 945. The Morgan fingerprint density at radius 1 is 1.07 bits per heavy atom. The minimum Gasteiger partial charge on any atom is -0.335 e. The summed E-state index contributed by atoms with van der Waals surface area (Å²) in [5, 5.41) is 11.5. The van der Waals surface area contributed by atoms with Gasteiger partial charge in [-0.3, -0.25) is 4.79 Å². The number of para-hydroxylation sites is 1. The molecule has 0 aliphatic rings. The molecule has 27 heavy (non-hydrogen) atoms. The molecule has 140 valence electrons. The number of benzene rings is 2. The fraction of sp³-hybridized carbons (Fsp3) is 0.250. The number of nitrogens with zero attached hydrogens (tertiary/aromatic N) is 3. The van der Waals surface area contributed by atoms with E-state index in [9.17, 15) is 4.79 Å². The number of anilines is 1. The van der Waals surface area contributed by atoms with Gasteiger partial charge in [-0.1, -0.05) is 59.8 Å². The summed E-state index contributed by atoms with van der Waals surface area (Å²) >= 11 is 1.28. The second kappa shape index (κ2) is 7.84. The maximum atomic E-state index is 12.6. The molecule has 1 aromatic heterocycles. The van der Waals surface area contributed by atoms with Crippen molar-refractivity contribution in [2.24, 2.45) is 0 Å². The largest absolute Gasteiger partial charge is 0.335 e. The van der Waals surface area contributed by atoms with Crippen molar-refractivity contribution >= 4 is 23.4 Å². The summed E-state index contributed by atoms with van der Waals surface area (Å²) < 4.78 is 1.43. The Labute approximate surface area is 163 Å². The number of hydrogen-bond acceptors (Lipinski definition) is 5. The summed E-state index contributed by atoms with van der Waals surface area (Å²) in [5.74, 6) is 6.63. The van der Waals surface area contributed by atoms with Crippen molar-refractivity contribution in [1.82, 2.24) is 14.9 Å². The van der Waals surface area contributed by atoms with Crippen LogP contribution in [0.3, 0.4) is 0 Å². The van der Waals surface area contributed by atoms with E-state index in [1.807, 2.05) is 70.2 Å². The third kappa shape index (κ3) is 4.14. The van der Waals surface area contributed by atoms with Gasteiger partial charge >= 0.3 is 0 Å². The molecule has 6 nitrogen and oxygen atoms in total. The number of aromatic nitrogens is 3. The molecule has 3 rings (SSSR count). The van der Waals surface area contributed by atoms with Gasteiger partial charge in [-0.25, -0.2) is 4.68 Å². The molecule has 0 spiro atoms. The lowest BCUT2D eigenvalue weighted by Crippen LogP contribution is -2.24. The van der Waals surface area contributed by atoms with Crippen LogP contribution in [0.1, 0.15) is 23.6 Å². The fourth-order valence-electron chi connectivity index (χ4n) is 2.70. The number of thioether (sulfide) groups is 1. The monoisotopic (exact) mass is 381 g/mol. The number of rotatable bonds is 5. The Hall–Kier alpha value is -2.80. The highest BCUT2D eigenvalue weighted by atomic mass is 32.2. The minimum atomic E-state index is -0.374. The Balaban J connectivity index is 1.73. The fourth-order valence-corrected chi connectivity index (χ4v) is 3.48. The van der Waals surface area contributed by atoms with E-state index in [1.54, 1.807) is 0 Å². The van der Waals surface area contributed by atoms with Crippen LogP contribution in [0, 0.1) is 20.8 Å². The van der Waals surface area contributed by atoms with Crippen LogP contribution < -0.4 is 11.2 Å². The topological polar surface area (TPSA) is 85.8 Å². The van der Waals surface area contributed by atoms with Crippen molar-refractivity contribution in [2.75, 3.05) is 11.2 Å². The van der Waals surface area contributed by atoms with Crippen molar-refractivity contribution in [1.29, 1.82) is 0 Å². The molecule has 3 N–H and O–H groups in total. The van der Waals surface area contributed by atoms with E-state index in [0.29, 0.717) is 11.0 Å². The Morgan fingerprint density at radius 3 is 2.33 bits per heavy atom. The lowest BCUT2D eigenvalue weighted by Gasteiger charge is -2.15. The predicted molar refractivity (Wildman–Crippen MR) is 110 cm³/mol. The lowest BCUT2D eigenvalue weighted by molar-refractivity contribution is -0.115. The molecule has 0 unspecified atom stereocenters. The predicted octanol–water partition coefficient (Wildman–Crippen LogP) is 3.70. The second-order valence-electron chi connectivity index (χ2n) is 6.56. The number of nitrogens with two attached hydrogens (primary N) is 1. The van der Waals surface area contributed by atoms with Gasteiger partial charge in [0, 0.05) is 11.3 Å². The van der Waals surface area contributed by atoms with Gasteiger partial charge in [0.05, 0.1) is 5.25 Å². The van der Waals surface area contributed by atoms with E-state index in [0.717, 1.165) is 27.9 Å². The molecule has 3 aromatic rings. The molecule has 1 amide bonds. The molecule has 1 atom stereocenters. The van der Waals surface area contributed by atoms with Crippen molar-refractivity contribution < 1.29 is 4.79 Å². The maximum absolute atomic E-state index is 12.6. The highest BCUT2D eigenvalue weighted by Crippen LogP contribution is 2.27. The molecule has 0 bridgehead atoms. The van der Waals surface area contributed by atoms with Crippen molar-refractivity contribution in [3.05, 3.63) is 59.2 Å². The molecule has 7 heteroatoms. The summed E-state index contributed by atoms with van der Waals surface area (Å²) in [7, 11) is 0. The van der Waals surface area contributed by atoms with E-state index in [1.165, 1.54) is 16.4 Å². The molecule has 1 heterocycles. The SMILES string of the molecule is Cc1ccc(-c2nnc(S[C@@H](C)C(=O)Nc3c(C)cccc3C)n2N)cc1. The summed E-state index contributed by atoms with van der Waals surface area (Å²) in [5.41, 5.74) is 4.96. The van der Waals surface area contributed by atoms with Gasteiger partial charge < -0.3 is 11.2 Å². The van der Waals surface area contributed by atoms with Crippen LogP contribution in [0.15, 0.2) is 47.6 Å². The second-order valence-corrected chi connectivity index (χ2v) is 7.87. The number of hydrogen-bond donors (Lipinski definition) is 2. The summed E-state index contributed by atoms with van der Waals surface area (Å²) in [4.78, 5) is 12.6. The smallest absolute Gasteiger partial charge is 0.237 e. The van der Waals surface area contributed by atoms with Crippen molar-refractivity contribution in [2.45, 2.75) is 38.1 Å². The number of carbonyl (C=O) groups excluding carboxylic acids is 1. The lowest BCUT2D eigenvalue weighted by atomic mass is 10.1. The number of carbonyl (C=O) groups is 1. The van der Waals surface area contributed by atoms with Crippen LogP contribution in [0.25, 0.3) is 11.4 Å². The number of aryl methyl sites for hydroxylation is 3. The standard InChI is InChI=1S/C20H23N5OS/c1-12-8-10-16(11-9-12)18-23-24-20(25(18)21)27-15(4)19(26)22-17-13(2)6-5-7-14(17)3/h5-11,15H,21H2,1-4H3,(H,22,26)/t15-/m0/s1. The zero-order valence-electron chi connectivity index (χ0n) is 15.9. The third-order valence-electron chi connectivity index (χ3n) is 4.36. The first-order chi connectivity index (χ1) is 12.9. The van der Waals surface area contributed by atoms with E-state index >= 15 is 0 Å². The van der Waals surface area contributed by atoms with Gasteiger partial charge in [0.2, 0.25) is 11.1 Å². The number of nitrogens with one attached hydrogen (secondary N) is 1. The van der Waals surface area contributed by atoms with Crippen LogP contribution >= 0.6 is 11.8 Å². The van der Waals surface area contributed by atoms with Gasteiger partial charge in [-0.05, 0) is 38.8 Å². The molecule has 0 aliphatic heterocycles. The van der Waals surface area contributed by atoms with Gasteiger partial charge in [0.15, 0.2) is 5.82 Å². The first-order valence-corrected chi connectivity index (χ1v) is 9.56. The Morgan fingerprint density at radius 2 is 1.70 bits per heavy atom. The molecule has 0 aliphatic carbocycles. The van der Waals surface area contributed by atoms with E-state index in [-0.39, 0.29) is 11.2 Å².